The van der Waals surface area contributed by atoms with Gasteiger partial charge in [-0.2, -0.15) is 0 Å². The van der Waals surface area contributed by atoms with Crippen LogP contribution in [0.3, 0.4) is 0 Å². The first-order chi connectivity index (χ1) is 8.10. The first kappa shape index (κ1) is 13.4. The van der Waals surface area contributed by atoms with E-state index in [4.69, 9.17) is 0 Å². The van der Waals surface area contributed by atoms with Gasteiger partial charge in [-0.05, 0) is 0 Å². The molecule has 0 aromatic carbocycles. The van der Waals surface area contributed by atoms with Crippen molar-refractivity contribution in [1.29, 1.82) is 0 Å². The normalized spacial score (nSPS) is 16.5. The van der Waals surface area contributed by atoms with E-state index < -0.39 is 18.1 Å². The second-order valence-electron chi connectivity index (χ2n) is 5.40. The maximum absolute atomic E-state index is 2.55. The van der Waals surface area contributed by atoms with Crippen LogP contribution in [0.1, 0.15) is 29.5 Å². The van der Waals surface area contributed by atoms with Gasteiger partial charge < -0.3 is 2.85 Å². The van der Waals surface area contributed by atoms with Crippen molar-refractivity contribution in [3.63, 3.8) is 0 Å². The topological polar surface area (TPSA) is 0 Å². The van der Waals surface area contributed by atoms with Crippen LogP contribution in [0.2, 0.25) is 13.1 Å². The average Bonchev–Trinajstić information content (AvgIpc) is 2.88. The van der Waals surface area contributed by atoms with Gasteiger partial charge >= 0.3 is 110 Å². The SMILES string of the molecule is C[C](C)=[Hf+2]([C]1=CC=CC1)([C]1=CC=CC1)=[Si](C)C.[H-].[H-]. The summed E-state index contributed by atoms with van der Waals surface area (Å²) in [5.41, 5.74) is -0.229. The smallest absolute Gasteiger partial charge is 1.00 e. The molecule has 0 N–H and O–H groups in total. The van der Waals surface area contributed by atoms with Crippen molar-refractivity contribution in [2.75, 3.05) is 0 Å². The Kier molecular flexibility index (Phi) is 4.14. The Morgan fingerprint density at radius 2 is 1.53 bits per heavy atom. The van der Waals surface area contributed by atoms with Gasteiger partial charge in [0, 0.05) is 0 Å². The van der Waals surface area contributed by atoms with Gasteiger partial charge in [-0.1, -0.05) is 0 Å². The van der Waals surface area contributed by atoms with Gasteiger partial charge in [-0.15, -0.1) is 0 Å². The maximum atomic E-state index is 2.55. The molecule has 2 rings (SSSR count). The Morgan fingerprint density at radius 3 is 1.76 bits per heavy atom. The van der Waals surface area contributed by atoms with Gasteiger partial charge in [-0.25, -0.2) is 0 Å². The fourth-order valence-electron chi connectivity index (χ4n) is 3.44. The summed E-state index contributed by atoms with van der Waals surface area (Å²) in [6, 6.07) is 0. The summed E-state index contributed by atoms with van der Waals surface area (Å²) in [6.07, 6.45) is 16.6. The molecule has 0 spiro atoms. The molecule has 0 amide bonds. The zero-order chi connectivity index (χ0) is 12.5. The van der Waals surface area contributed by atoms with Gasteiger partial charge in [0.25, 0.3) is 0 Å². The fourth-order valence-corrected chi connectivity index (χ4v) is 45.0. The molecule has 17 heavy (non-hydrogen) atoms. The molecule has 0 saturated heterocycles. The Bertz CT molecular complexity index is 519. The zero-order valence-corrected chi connectivity index (χ0v) is 16.0. The predicted molar refractivity (Wildman–Crippen MR) is 79.7 cm³/mol. The molecule has 0 aliphatic heterocycles. The summed E-state index contributed by atoms with van der Waals surface area (Å²) >= 11 is -2.51. The Labute approximate surface area is 112 Å². The molecule has 0 nitrogen and oxygen atoms in total. The first-order valence-electron chi connectivity index (χ1n) is 6.43. The molecule has 92 valence electrons. The molecule has 0 fully saturated rings. The monoisotopic (exact) mass is 412 g/mol. The van der Waals surface area contributed by atoms with Crippen LogP contribution in [0.4, 0.5) is 0 Å². The van der Waals surface area contributed by atoms with Gasteiger partial charge in [-0.3, -0.25) is 0 Å². The summed E-state index contributed by atoms with van der Waals surface area (Å²) in [7, 11) is 0. The van der Waals surface area contributed by atoms with Crippen LogP contribution in [0.25, 0.3) is 0 Å². The van der Waals surface area contributed by atoms with Crippen LogP contribution in [0.5, 0.6) is 0 Å². The maximum Gasteiger partial charge on any atom is -1.00 e. The van der Waals surface area contributed by atoms with E-state index in [1.165, 1.54) is 12.8 Å². The van der Waals surface area contributed by atoms with Gasteiger partial charge in [0.1, 0.15) is 0 Å². The van der Waals surface area contributed by atoms with E-state index in [1.807, 2.05) is 6.66 Å². The van der Waals surface area contributed by atoms with E-state index >= 15 is 0 Å². The van der Waals surface area contributed by atoms with Crippen molar-refractivity contribution < 1.29 is 21.0 Å². The second kappa shape index (κ2) is 5.27. The van der Waals surface area contributed by atoms with Crippen molar-refractivity contribution in [2.45, 2.75) is 39.8 Å². The molecule has 0 bridgehead atoms. The Hall–Kier alpha value is -0.0830. The third kappa shape index (κ3) is 2.14. The summed E-state index contributed by atoms with van der Waals surface area (Å²) < 4.78 is 5.47. The van der Waals surface area contributed by atoms with Crippen molar-refractivity contribution in [3.8, 4) is 0 Å². The first-order valence-corrected chi connectivity index (χ1v) is 19.7. The van der Waals surface area contributed by atoms with Crippen molar-refractivity contribution >= 4 is 8.75 Å². The molecule has 0 radical (unpaired) electrons. The van der Waals surface area contributed by atoms with Gasteiger partial charge in [0.15, 0.2) is 0 Å². The Morgan fingerprint density at radius 1 is 1.06 bits per heavy atom. The van der Waals surface area contributed by atoms with E-state index in [2.05, 4.69) is 63.4 Å². The molecule has 2 aliphatic rings. The largest absolute Gasteiger partial charge is 1.00 e. The van der Waals surface area contributed by atoms with Crippen molar-refractivity contribution in [2.24, 2.45) is 0 Å². The van der Waals surface area contributed by atoms with Crippen LogP contribution in [-0.2, 0) is 18.1 Å². The van der Waals surface area contributed by atoms with Crippen LogP contribution >= 0.6 is 0 Å². The minimum absolute atomic E-state index is 0. The second-order valence-corrected chi connectivity index (χ2v) is 37.9. The van der Waals surface area contributed by atoms with Gasteiger partial charge in [0.05, 0.1) is 0 Å². The predicted octanol–water partition coefficient (Wildman–Crippen LogP) is 4.52. The van der Waals surface area contributed by atoms with Crippen LogP contribution in [0.15, 0.2) is 43.1 Å². The van der Waals surface area contributed by atoms with E-state index in [9.17, 15) is 0 Å². The standard InChI is InChI=1S/2C5H5.C3H6.C2H6Si.Hf.2H/c2*1-2-4-5-3-1;2*1-3-2;;;/h2*1-3H,4H2;2*1-2H3;;;/q;;;;+2;2*-1. The number of allylic oxidation sites excluding steroid dienone is 8. The Balaban J connectivity index is 0.00000162. The van der Waals surface area contributed by atoms with Gasteiger partial charge in [0.2, 0.25) is 0 Å². The number of hydrogen-bond donors (Lipinski definition) is 0. The average molecular weight is 411 g/mol. The van der Waals surface area contributed by atoms with Crippen LogP contribution < -0.4 is 0 Å². The van der Waals surface area contributed by atoms with Crippen molar-refractivity contribution in [1.82, 2.24) is 0 Å². The summed E-state index contributed by atoms with van der Waals surface area (Å²) in [6.45, 7) is 9.93. The molecule has 0 saturated carbocycles. The molecule has 0 unspecified atom stereocenters. The molecule has 0 aromatic rings. The molecule has 2 aliphatic carbocycles. The minimum atomic E-state index is -2.51. The molecular weight excluding hydrogens is 387 g/mol. The molecule has 0 aromatic heterocycles. The molecular formula is C15H24HfSi. The fraction of sp³-hybridized carbons (Fsp3) is 0.400. The quantitative estimate of drug-likeness (QED) is 0.587. The summed E-state index contributed by atoms with van der Waals surface area (Å²) in [5, 5.41) is 0. The van der Waals surface area contributed by atoms with E-state index in [0.717, 1.165) is 0 Å². The summed E-state index contributed by atoms with van der Waals surface area (Å²) in [5.74, 6) is 0. The van der Waals surface area contributed by atoms with Crippen LogP contribution in [-0.4, -0.2) is 8.75 Å². The molecule has 2 heteroatoms. The van der Waals surface area contributed by atoms with Crippen LogP contribution in [0, 0.1) is 0 Å². The minimum Gasteiger partial charge on any atom is -1.00 e. The van der Waals surface area contributed by atoms with E-state index in [1.54, 1.807) is 3.26 Å². The third-order valence-corrected chi connectivity index (χ3v) is 46.0. The third-order valence-electron chi connectivity index (χ3n) is 4.01. The zero-order valence-electron chi connectivity index (χ0n) is 13.4. The van der Waals surface area contributed by atoms with Crippen molar-refractivity contribution in [3.05, 3.63) is 43.1 Å². The molecule has 0 heterocycles. The number of rotatable bonds is 2. The number of hydrogen-bond acceptors (Lipinski definition) is 0. The summed E-state index contributed by atoms with van der Waals surface area (Å²) in [4.78, 5) is 0. The van der Waals surface area contributed by atoms with E-state index in [-0.39, 0.29) is 8.35 Å². The molecule has 0 atom stereocenters. The van der Waals surface area contributed by atoms with E-state index in [0.29, 0.717) is 0 Å².